The molecule has 0 aliphatic heterocycles. The Labute approximate surface area is 199 Å². The number of methoxy groups -OCH3 is 1. The molecule has 0 spiro atoms. The summed E-state index contributed by atoms with van der Waals surface area (Å²) in [7, 11) is -3.96. The summed E-state index contributed by atoms with van der Waals surface area (Å²) in [5, 5.41) is 17.5. The van der Waals surface area contributed by atoms with Crippen LogP contribution in [0.4, 0.5) is 0 Å². The highest BCUT2D eigenvalue weighted by atomic mass is 32.2. The fourth-order valence-corrected chi connectivity index (χ4v) is 12.9. The molecule has 0 saturated heterocycles. The fraction of sp³-hybridized carbons (Fsp3) is 0.417. The zero-order valence-corrected chi connectivity index (χ0v) is 21.4. The van der Waals surface area contributed by atoms with Crippen molar-refractivity contribution in [1.82, 2.24) is 0 Å². The van der Waals surface area contributed by atoms with Crippen LogP contribution in [0.15, 0.2) is 60.7 Å². The molecule has 0 aliphatic carbocycles. The monoisotopic (exact) mass is 504 g/mol. The van der Waals surface area contributed by atoms with E-state index in [0.29, 0.717) is 30.7 Å². The number of rotatable bonds is 14. The third-order valence-electron chi connectivity index (χ3n) is 5.38. The van der Waals surface area contributed by atoms with E-state index in [0.717, 1.165) is 17.9 Å². The van der Waals surface area contributed by atoms with Gasteiger partial charge in [0, 0.05) is 26.1 Å². The Morgan fingerprint density at radius 2 is 1.39 bits per heavy atom. The van der Waals surface area contributed by atoms with Gasteiger partial charge in [0.15, 0.2) is 0 Å². The summed E-state index contributed by atoms with van der Waals surface area (Å²) in [6.45, 7) is 0. The molecule has 4 atom stereocenters. The zero-order valence-electron chi connectivity index (χ0n) is 18.7. The van der Waals surface area contributed by atoms with Crippen LogP contribution in [0.25, 0.3) is 0 Å². The number of hydrogen-bond acceptors (Lipinski definition) is 5. The summed E-state index contributed by atoms with van der Waals surface area (Å²) in [4.78, 5) is 0. The second-order valence-corrected chi connectivity index (χ2v) is 16.2. The van der Waals surface area contributed by atoms with Gasteiger partial charge in [-0.05, 0) is 36.0 Å². The third-order valence-corrected chi connectivity index (χ3v) is 15.1. The van der Waals surface area contributed by atoms with Crippen molar-refractivity contribution in [3.05, 3.63) is 71.8 Å². The predicted molar refractivity (Wildman–Crippen MR) is 135 cm³/mol. The van der Waals surface area contributed by atoms with Crippen LogP contribution in [-0.2, 0) is 14.9 Å². The normalized spacial score (nSPS) is 15.0. The topological polar surface area (TPSA) is 111 Å². The van der Waals surface area contributed by atoms with Gasteiger partial charge in [0.05, 0.1) is 18.2 Å². The van der Waals surface area contributed by atoms with Crippen molar-refractivity contribution in [2.75, 3.05) is 31.8 Å². The lowest BCUT2D eigenvalue weighted by atomic mass is 10.1. The maximum atomic E-state index is 12.2. The fourth-order valence-electron chi connectivity index (χ4n) is 3.70. The summed E-state index contributed by atoms with van der Waals surface area (Å²) >= 11 is 0. The number of hydrogen-bond donors (Lipinski definition) is 1. The van der Waals surface area contributed by atoms with E-state index in [1.807, 2.05) is 30.3 Å². The second kappa shape index (κ2) is 14.4. The standard InChI is InChI=1S/C24H30N2O4P2S/c1-30-23(21-10-4-2-5-11-21)20-32(18-9-16-26)31(17-8-15-25)19-14-24(33(27,28)29)22-12-6-3-7-13-22/h2-7,10-13,23-24H,8-9,14,17-20H2,1H3,(H,27,28,29). The summed E-state index contributed by atoms with van der Waals surface area (Å²) in [6.07, 6.45) is 3.78. The average Bonchev–Trinajstić information content (AvgIpc) is 2.82. The van der Waals surface area contributed by atoms with Gasteiger partial charge >= 0.3 is 0 Å². The molecule has 2 aromatic rings. The molecule has 9 heteroatoms. The van der Waals surface area contributed by atoms with Crippen LogP contribution < -0.4 is 0 Å². The van der Waals surface area contributed by atoms with E-state index in [-0.39, 0.29) is 12.5 Å². The van der Waals surface area contributed by atoms with Gasteiger partial charge in [-0.3, -0.25) is 4.55 Å². The van der Waals surface area contributed by atoms with Crippen molar-refractivity contribution in [3.63, 3.8) is 0 Å². The first-order valence-corrected chi connectivity index (χ1v) is 16.4. The van der Waals surface area contributed by atoms with Gasteiger partial charge in [0.1, 0.15) is 5.25 Å². The van der Waals surface area contributed by atoms with Crippen LogP contribution >= 0.6 is 15.2 Å². The molecule has 0 saturated carbocycles. The third kappa shape index (κ3) is 9.13. The quantitative estimate of drug-likeness (QED) is 0.246. The first-order chi connectivity index (χ1) is 15.9. The van der Waals surface area contributed by atoms with E-state index in [4.69, 9.17) is 4.74 Å². The molecule has 0 heterocycles. The van der Waals surface area contributed by atoms with E-state index in [2.05, 4.69) is 12.1 Å². The lowest BCUT2D eigenvalue weighted by Crippen LogP contribution is -2.14. The van der Waals surface area contributed by atoms with Gasteiger partial charge in [-0.2, -0.15) is 18.9 Å². The molecule has 0 radical (unpaired) electrons. The summed E-state index contributed by atoms with van der Waals surface area (Å²) in [5.74, 6) is 0. The highest BCUT2D eigenvalue weighted by Gasteiger charge is 2.29. The molecule has 2 aromatic carbocycles. The maximum Gasteiger partial charge on any atom is 0.272 e. The summed E-state index contributed by atoms with van der Waals surface area (Å²) in [5.41, 5.74) is 1.63. The minimum atomic E-state index is -4.27. The van der Waals surface area contributed by atoms with Gasteiger partial charge < -0.3 is 4.74 Å². The minimum Gasteiger partial charge on any atom is -0.376 e. The Balaban J connectivity index is 2.26. The molecule has 176 valence electrons. The van der Waals surface area contributed by atoms with Crippen molar-refractivity contribution >= 4 is 25.3 Å². The molecule has 4 unspecified atom stereocenters. The molecular weight excluding hydrogens is 474 g/mol. The molecule has 2 rings (SSSR count). The molecule has 0 aromatic heterocycles. The maximum absolute atomic E-state index is 12.2. The molecule has 6 nitrogen and oxygen atoms in total. The smallest absolute Gasteiger partial charge is 0.272 e. The van der Waals surface area contributed by atoms with E-state index in [1.165, 1.54) is 0 Å². The van der Waals surface area contributed by atoms with Gasteiger partial charge in [-0.1, -0.05) is 75.9 Å². The molecule has 33 heavy (non-hydrogen) atoms. The van der Waals surface area contributed by atoms with Crippen LogP contribution in [-0.4, -0.2) is 44.7 Å². The molecular formula is C24H30N2O4P2S. The van der Waals surface area contributed by atoms with Crippen LogP contribution in [0.3, 0.4) is 0 Å². The van der Waals surface area contributed by atoms with E-state index in [1.54, 1.807) is 37.4 Å². The lowest BCUT2D eigenvalue weighted by Gasteiger charge is -2.31. The number of nitrogens with zero attached hydrogens (tertiary/aromatic N) is 2. The molecule has 1 N–H and O–H groups in total. The Hall–Kier alpha value is -1.85. The Bertz CT molecular complexity index is 1020. The Morgan fingerprint density at radius 1 is 0.879 bits per heavy atom. The van der Waals surface area contributed by atoms with Gasteiger partial charge in [-0.25, -0.2) is 0 Å². The van der Waals surface area contributed by atoms with Gasteiger partial charge in [0.25, 0.3) is 10.1 Å². The Morgan fingerprint density at radius 3 is 1.88 bits per heavy atom. The largest absolute Gasteiger partial charge is 0.376 e. The van der Waals surface area contributed by atoms with Crippen LogP contribution in [0.5, 0.6) is 0 Å². The lowest BCUT2D eigenvalue weighted by molar-refractivity contribution is 0.123. The number of ether oxygens (including phenoxy) is 1. The zero-order chi connectivity index (χ0) is 24.1. The van der Waals surface area contributed by atoms with E-state index in [9.17, 15) is 23.5 Å². The predicted octanol–water partition coefficient (Wildman–Crippen LogP) is 6.10. The summed E-state index contributed by atoms with van der Waals surface area (Å²) in [6, 6.07) is 23.1. The summed E-state index contributed by atoms with van der Waals surface area (Å²) < 4.78 is 40.0. The van der Waals surface area contributed by atoms with Crippen molar-refractivity contribution < 1.29 is 17.7 Å². The van der Waals surface area contributed by atoms with Crippen molar-refractivity contribution in [1.29, 1.82) is 10.5 Å². The molecule has 0 fully saturated rings. The van der Waals surface area contributed by atoms with Crippen LogP contribution in [0, 0.1) is 22.7 Å². The number of nitriles is 2. The first-order valence-electron chi connectivity index (χ1n) is 10.7. The van der Waals surface area contributed by atoms with Crippen LogP contribution in [0.1, 0.15) is 41.7 Å². The van der Waals surface area contributed by atoms with E-state index >= 15 is 0 Å². The number of benzene rings is 2. The van der Waals surface area contributed by atoms with Gasteiger partial charge in [0.2, 0.25) is 0 Å². The highest BCUT2D eigenvalue weighted by Crippen LogP contribution is 2.71. The highest BCUT2D eigenvalue weighted by molar-refractivity contribution is 8.29. The van der Waals surface area contributed by atoms with Crippen molar-refractivity contribution in [3.8, 4) is 12.1 Å². The molecule has 0 amide bonds. The average molecular weight is 505 g/mol. The van der Waals surface area contributed by atoms with Gasteiger partial charge in [-0.15, -0.1) is 0 Å². The minimum absolute atomic E-state index is 0.116. The second-order valence-electron chi connectivity index (χ2n) is 7.52. The van der Waals surface area contributed by atoms with Crippen molar-refractivity contribution in [2.45, 2.75) is 30.6 Å². The molecule has 0 bridgehead atoms. The van der Waals surface area contributed by atoms with E-state index < -0.39 is 30.6 Å². The van der Waals surface area contributed by atoms with Crippen molar-refractivity contribution in [2.24, 2.45) is 0 Å². The SMILES string of the molecule is COC(CP(CCC#N)P(CCC#N)CCC(c1ccccc1)S(=O)(=O)O)c1ccccc1. The first kappa shape index (κ1) is 27.4. The van der Waals surface area contributed by atoms with Crippen LogP contribution in [0.2, 0.25) is 0 Å². The Kier molecular flexibility index (Phi) is 12.0. The molecule has 0 aliphatic rings.